The van der Waals surface area contributed by atoms with E-state index in [4.69, 9.17) is 4.74 Å². The van der Waals surface area contributed by atoms with Gasteiger partial charge in [0, 0.05) is 42.6 Å². The highest BCUT2D eigenvalue weighted by atomic mass is 16.5. The van der Waals surface area contributed by atoms with Crippen LogP contribution < -0.4 is 10.9 Å². The van der Waals surface area contributed by atoms with Crippen molar-refractivity contribution in [1.82, 2.24) is 19.7 Å². The van der Waals surface area contributed by atoms with Crippen LogP contribution in [0.25, 0.3) is 21.8 Å². The molecule has 0 aliphatic heterocycles. The topological polar surface area (TPSA) is 78.2 Å². The van der Waals surface area contributed by atoms with Gasteiger partial charge in [0.1, 0.15) is 12.1 Å². The number of fused-ring (bicyclic) bond motifs is 3. The Morgan fingerprint density at radius 3 is 2.81 bits per heavy atom. The van der Waals surface area contributed by atoms with Gasteiger partial charge in [0.05, 0.1) is 6.20 Å². The maximum Gasteiger partial charge on any atom is 0.291 e. The second-order valence-electron chi connectivity index (χ2n) is 6.44. The summed E-state index contributed by atoms with van der Waals surface area (Å²) in [4.78, 5) is 25.2. The van der Waals surface area contributed by atoms with Crippen molar-refractivity contribution < 1.29 is 9.53 Å². The van der Waals surface area contributed by atoms with E-state index in [1.54, 1.807) is 6.20 Å². The van der Waals surface area contributed by atoms with E-state index in [2.05, 4.69) is 17.3 Å². The number of carbonyl (C=O) groups is 1. The number of carbonyl (C=O) groups excluding carboxylic acids is 1. The molecule has 0 atom stereocenters. The number of aromatic nitrogens is 3. The highest BCUT2D eigenvalue weighted by Crippen LogP contribution is 2.26. The van der Waals surface area contributed by atoms with Crippen LogP contribution in [0.15, 0.2) is 35.3 Å². The lowest BCUT2D eigenvalue weighted by atomic mass is 10.2. The summed E-state index contributed by atoms with van der Waals surface area (Å²) < 4.78 is 8.52. The third-order valence-corrected chi connectivity index (χ3v) is 4.51. The fourth-order valence-corrected chi connectivity index (χ4v) is 3.30. The fraction of sp³-hybridized carbons (Fsp3) is 0.450. The Balaban J connectivity index is 1.86. The predicted molar refractivity (Wildman–Crippen MR) is 106 cm³/mol. The quantitative estimate of drug-likeness (QED) is 0.586. The number of nitrogens with zero attached hydrogens (tertiary/aromatic N) is 3. The van der Waals surface area contributed by atoms with Crippen LogP contribution in [0.2, 0.25) is 0 Å². The molecule has 0 saturated carbocycles. The molecule has 3 aromatic rings. The van der Waals surface area contributed by atoms with Crippen molar-refractivity contribution in [3.05, 3.63) is 40.8 Å². The summed E-state index contributed by atoms with van der Waals surface area (Å²) in [6.45, 7) is 6.47. The zero-order valence-electron chi connectivity index (χ0n) is 15.9. The molecule has 1 N–H and O–H groups in total. The van der Waals surface area contributed by atoms with Crippen LogP contribution in [0, 0.1) is 0 Å². The first-order valence-electron chi connectivity index (χ1n) is 9.48. The Morgan fingerprint density at radius 2 is 2.04 bits per heavy atom. The van der Waals surface area contributed by atoms with E-state index >= 15 is 0 Å². The average molecular weight is 370 g/mol. The number of rotatable bonds is 9. The number of aryl methyl sites for hydroxylation is 1. The Labute approximate surface area is 157 Å². The molecular weight excluding hydrogens is 344 g/mol. The Hall–Kier alpha value is -2.67. The number of amides is 1. The zero-order valence-corrected chi connectivity index (χ0v) is 15.9. The molecule has 27 heavy (non-hydrogen) atoms. The standard InChI is InChI=1S/C20H26N4O3/c1-3-11-23-17-9-6-5-8-15(17)16-13-22-24(20(26)19(16)23)14-18(25)21-10-7-12-27-4-2/h5-6,8-9,13H,3-4,7,10-12,14H2,1-2H3,(H,21,25). The van der Waals surface area contributed by atoms with Crippen LogP contribution in [0.1, 0.15) is 26.7 Å². The number of hydrogen-bond donors (Lipinski definition) is 1. The predicted octanol–water partition coefficient (Wildman–Crippen LogP) is 2.30. The van der Waals surface area contributed by atoms with Crippen LogP contribution in [0.5, 0.6) is 0 Å². The molecule has 1 aromatic carbocycles. The molecule has 3 rings (SSSR count). The van der Waals surface area contributed by atoms with Gasteiger partial charge in [-0.1, -0.05) is 25.1 Å². The van der Waals surface area contributed by atoms with Crippen LogP contribution in [0.4, 0.5) is 0 Å². The minimum Gasteiger partial charge on any atom is -0.382 e. The molecule has 1 amide bonds. The smallest absolute Gasteiger partial charge is 0.291 e. The molecule has 0 saturated heterocycles. The Morgan fingerprint density at radius 1 is 1.22 bits per heavy atom. The van der Waals surface area contributed by atoms with Gasteiger partial charge in [-0.05, 0) is 25.8 Å². The van der Waals surface area contributed by atoms with E-state index in [-0.39, 0.29) is 18.0 Å². The SMILES string of the molecule is CCCn1c2ccccc2c2cnn(CC(=O)NCCCOCC)c(=O)c21. The minimum absolute atomic E-state index is 0.0863. The molecular formula is C20H26N4O3. The van der Waals surface area contributed by atoms with E-state index in [0.29, 0.717) is 25.3 Å². The highest BCUT2D eigenvalue weighted by molar-refractivity contribution is 6.07. The van der Waals surface area contributed by atoms with Crippen molar-refractivity contribution in [2.24, 2.45) is 0 Å². The largest absolute Gasteiger partial charge is 0.382 e. The van der Waals surface area contributed by atoms with E-state index < -0.39 is 0 Å². The average Bonchev–Trinajstić information content (AvgIpc) is 2.99. The van der Waals surface area contributed by atoms with E-state index in [0.717, 1.165) is 35.7 Å². The van der Waals surface area contributed by atoms with Gasteiger partial charge in [-0.2, -0.15) is 5.10 Å². The van der Waals surface area contributed by atoms with Gasteiger partial charge >= 0.3 is 0 Å². The van der Waals surface area contributed by atoms with E-state index in [1.807, 2.05) is 35.8 Å². The number of hydrogen-bond acceptors (Lipinski definition) is 4. The van der Waals surface area contributed by atoms with Gasteiger partial charge in [0.2, 0.25) is 5.91 Å². The van der Waals surface area contributed by atoms with Crippen LogP contribution in [-0.4, -0.2) is 40.0 Å². The molecule has 0 radical (unpaired) electrons. The lowest BCUT2D eigenvalue weighted by molar-refractivity contribution is -0.121. The summed E-state index contributed by atoms with van der Waals surface area (Å²) in [6.07, 6.45) is 3.34. The molecule has 0 fully saturated rings. The molecule has 0 aliphatic carbocycles. The number of benzene rings is 1. The maximum atomic E-state index is 13.0. The second-order valence-corrected chi connectivity index (χ2v) is 6.44. The molecule has 0 spiro atoms. The maximum absolute atomic E-state index is 13.0. The number of para-hydroxylation sites is 1. The highest BCUT2D eigenvalue weighted by Gasteiger charge is 2.16. The van der Waals surface area contributed by atoms with E-state index in [9.17, 15) is 9.59 Å². The van der Waals surface area contributed by atoms with Gasteiger partial charge in [-0.15, -0.1) is 0 Å². The molecule has 2 aromatic heterocycles. The minimum atomic E-state index is -0.235. The van der Waals surface area contributed by atoms with Crippen molar-refractivity contribution in [1.29, 1.82) is 0 Å². The normalized spacial score (nSPS) is 11.3. The van der Waals surface area contributed by atoms with Gasteiger partial charge in [0.25, 0.3) is 5.56 Å². The Bertz CT molecular complexity index is 990. The molecule has 7 heteroatoms. The molecule has 2 heterocycles. The zero-order chi connectivity index (χ0) is 19.2. The fourth-order valence-electron chi connectivity index (χ4n) is 3.30. The van der Waals surface area contributed by atoms with Gasteiger partial charge in [-0.3, -0.25) is 9.59 Å². The van der Waals surface area contributed by atoms with Gasteiger partial charge in [-0.25, -0.2) is 4.68 Å². The van der Waals surface area contributed by atoms with Crippen molar-refractivity contribution in [3.8, 4) is 0 Å². The van der Waals surface area contributed by atoms with Gasteiger partial charge in [0.15, 0.2) is 0 Å². The monoisotopic (exact) mass is 370 g/mol. The third-order valence-electron chi connectivity index (χ3n) is 4.51. The summed E-state index contributed by atoms with van der Waals surface area (Å²) in [7, 11) is 0. The van der Waals surface area contributed by atoms with Crippen molar-refractivity contribution in [3.63, 3.8) is 0 Å². The van der Waals surface area contributed by atoms with E-state index in [1.165, 1.54) is 4.68 Å². The molecule has 0 bridgehead atoms. The third kappa shape index (κ3) is 4.03. The molecule has 0 aliphatic rings. The second kappa shape index (κ2) is 8.81. The van der Waals surface area contributed by atoms with Crippen LogP contribution >= 0.6 is 0 Å². The van der Waals surface area contributed by atoms with Crippen LogP contribution in [0.3, 0.4) is 0 Å². The number of nitrogens with one attached hydrogen (secondary N) is 1. The number of ether oxygens (including phenoxy) is 1. The summed E-state index contributed by atoms with van der Waals surface area (Å²) in [5, 5.41) is 8.88. The summed E-state index contributed by atoms with van der Waals surface area (Å²) in [5.41, 5.74) is 1.39. The lowest BCUT2D eigenvalue weighted by Crippen LogP contribution is -2.34. The first-order chi connectivity index (χ1) is 13.2. The van der Waals surface area contributed by atoms with Crippen molar-refractivity contribution in [2.45, 2.75) is 39.8 Å². The summed E-state index contributed by atoms with van der Waals surface area (Å²) >= 11 is 0. The van der Waals surface area contributed by atoms with Crippen molar-refractivity contribution in [2.75, 3.05) is 19.8 Å². The Kier molecular flexibility index (Phi) is 6.24. The molecule has 7 nitrogen and oxygen atoms in total. The van der Waals surface area contributed by atoms with Gasteiger partial charge < -0.3 is 14.6 Å². The first-order valence-corrected chi connectivity index (χ1v) is 9.48. The lowest BCUT2D eigenvalue weighted by Gasteiger charge is -2.08. The summed E-state index contributed by atoms with van der Waals surface area (Å²) in [6, 6.07) is 7.94. The first kappa shape index (κ1) is 19.1. The van der Waals surface area contributed by atoms with Crippen LogP contribution in [-0.2, 0) is 22.6 Å². The summed E-state index contributed by atoms with van der Waals surface area (Å²) in [5.74, 6) is -0.224. The molecule has 0 unspecified atom stereocenters. The van der Waals surface area contributed by atoms with Crippen molar-refractivity contribution >= 4 is 27.7 Å². The molecule has 144 valence electrons.